The number of imidazole rings is 1. The molecule has 0 radical (unpaired) electrons. The van der Waals surface area contributed by atoms with E-state index in [0.717, 1.165) is 21.2 Å². The lowest BCUT2D eigenvalue weighted by Gasteiger charge is -2.03. The van der Waals surface area contributed by atoms with Gasteiger partial charge in [0.1, 0.15) is 6.33 Å². The number of rotatable bonds is 1. The van der Waals surface area contributed by atoms with Gasteiger partial charge in [0.15, 0.2) is 0 Å². The van der Waals surface area contributed by atoms with Crippen LogP contribution < -0.4 is 0 Å². The highest BCUT2D eigenvalue weighted by atomic mass is 79.9. The van der Waals surface area contributed by atoms with Gasteiger partial charge in [-0.3, -0.25) is 9.55 Å². The Bertz CT molecular complexity index is 631. The number of benzene rings is 1. The van der Waals surface area contributed by atoms with Gasteiger partial charge in [0.05, 0.1) is 16.7 Å². The lowest BCUT2D eigenvalue weighted by molar-refractivity contribution is 1.08. The molecular weight excluding hydrogens is 266 g/mol. The van der Waals surface area contributed by atoms with Crippen molar-refractivity contribution in [3.05, 3.63) is 53.5 Å². The highest BCUT2D eigenvalue weighted by molar-refractivity contribution is 9.10. The number of fused-ring (bicyclic) bond motifs is 1. The maximum absolute atomic E-state index is 4.36. The van der Waals surface area contributed by atoms with Crippen LogP contribution in [0.4, 0.5) is 0 Å². The molecule has 3 nitrogen and oxygen atoms in total. The Balaban J connectivity index is 2.29. The predicted octanol–water partition coefficient (Wildman–Crippen LogP) is 3.18. The zero-order chi connectivity index (χ0) is 11.0. The Morgan fingerprint density at radius 1 is 1.06 bits per heavy atom. The molecule has 78 valence electrons. The zero-order valence-electron chi connectivity index (χ0n) is 8.34. The average Bonchev–Trinajstić information content (AvgIpc) is 2.73. The van der Waals surface area contributed by atoms with Gasteiger partial charge < -0.3 is 0 Å². The van der Waals surface area contributed by atoms with Gasteiger partial charge in [0.25, 0.3) is 0 Å². The molecule has 0 fully saturated rings. The van der Waals surface area contributed by atoms with E-state index in [0.29, 0.717) is 0 Å². The van der Waals surface area contributed by atoms with Crippen LogP contribution in [0, 0.1) is 0 Å². The fourth-order valence-electron chi connectivity index (χ4n) is 1.69. The predicted molar refractivity (Wildman–Crippen MR) is 66.6 cm³/mol. The molecule has 0 saturated carbocycles. The average molecular weight is 274 g/mol. The Labute approximate surface area is 101 Å². The van der Waals surface area contributed by atoms with Crippen LogP contribution in [0.15, 0.2) is 53.5 Å². The molecule has 4 heteroatoms. The summed E-state index contributed by atoms with van der Waals surface area (Å²) >= 11 is 3.47. The first kappa shape index (κ1) is 9.54. The van der Waals surface area contributed by atoms with Crippen molar-refractivity contribution < 1.29 is 0 Å². The molecule has 2 heterocycles. The topological polar surface area (TPSA) is 30.7 Å². The zero-order valence-corrected chi connectivity index (χ0v) is 9.92. The van der Waals surface area contributed by atoms with Crippen molar-refractivity contribution in [2.45, 2.75) is 0 Å². The summed E-state index contributed by atoms with van der Waals surface area (Å²) in [6.07, 6.45) is 5.38. The summed E-state index contributed by atoms with van der Waals surface area (Å²) in [4.78, 5) is 8.37. The molecular formula is C12H8BrN3. The molecule has 16 heavy (non-hydrogen) atoms. The number of halogens is 1. The van der Waals surface area contributed by atoms with Crippen LogP contribution >= 0.6 is 15.9 Å². The van der Waals surface area contributed by atoms with Crippen LogP contribution in [0.2, 0.25) is 0 Å². The van der Waals surface area contributed by atoms with Crippen molar-refractivity contribution in [1.82, 2.24) is 14.5 Å². The van der Waals surface area contributed by atoms with E-state index >= 15 is 0 Å². The van der Waals surface area contributed by atoms with Gasteiger partial charge in [-0.05, 0) is 30.3 Å². The van der Waals surface area contributed by atoms with Crippen LogP contribution in [0.25, 0.3) is 16.7 Å². The molecule has 0 atom stereocenters. The Morgan fingerprint density at radius 2 is 1.88 bits per heavy atom. The largest absolute Gasteiger partial charge is 0.299 e. The van der Waals surface area contributed by atoms with Crippen molar-refractivity contribution in [2.24, 2.45) is 0 Å². The second-order valence-corrected chi connectivity index (χ2v) is 4.37. The molecule has 2 aromatic heterocycles. The lowest BCUT2D eigenvalue weighted by Crippen LogP contribution is -1.91. The minimum atomic E-state index is 0.986. The van der Waals surface area contributed by atoms with Crippen LogP contribution in [0.5, 0.6) is 0 Å². The summed E-state index contributed by atoms with van der Waals surface area (Å²) in [5.41, 5.74) is 3.14. The third-order valence-corrected chi connectivity index (χ3v) is 2.94. The fourth-order valence-corrected chi connectivity index (χ4v) is 2.04. The van der Waals surface area contributed by atoms with E-state index in [1.54, 1.807) is 12.4 Å². The summed E-state index contributed by atoms with van der Waals surface area (Å²) in [7, 11) is 0. The molecule has 0 spiro atoms. The first-order chi connectivity index (χ1) is 7.84. The first-order valence-electron chi connectivity index (χ1n) is 4.87. The maximum Gasteiger partial charge on any atom is 0.100 e. The molecule has 0 N–H and O–H groups in total. The van der Waals surface area contributed by atoms with Gasteiger partial charge in [-0.15, -0.1) is 0 Å². The summed E-state index contributed by atoms with van der Waals surface area (Å²) in [5, 5.41) is 0. The minimum Gasteiger partial charge on any atom is -0.299 e. The maximum atomic E-state index is 4.36. The quantitative estimate of drug-likeness (QED) is 0.682. The highest BCUT2D eigenvalue weighted by Gasteiger charge is 2.04. The Kier molecular flexibility index (Phi) is 2.22. The van der Waals surface area contributed by atoms with Crippen LogP contribution in [0.1, 0.15) is 0 Å². The van der Waals surface area contributed by atoms with Crippen LogP contribution in [-0.4, -0.2) is 14.5 Å². The SMILES string of the molecule is Brc1ccc2ncn(-c3ccncc3)c2c1. The van der Waals surface area contributed by atoms with Crippen LogP contribution in [0.3, 0.4) is 0 Å². The normalized spacial score (nSPS) is 10.8. The molecule has 0 saturated heterocycles. The monoisotopic (exact) mass is 273 g/mol. The van der Waals surface area contributed by atoms with Crippen molar-refractivity contribution >= 4 is 27.0 Å². The third-order valence-electron chi connectivity index (χ3n) is 2.45. The number of hydrogen-bond acceptors (Lipinski definition) is 2. The van der Waals surface area contributed by atoms with E-state index < -0.39 is 0 Å². The van der Waals surface area contributed by atoms with E-state index in [9.17, 15) is 0 Å². The number of aromatic nitrogens is 3. The number of nitrogens with zero attached hydrogens (tertiary/aromatic N) is 3. The van der Waals surface area contributed by atoms with Crippen molar-refractivity contribution in [2.75, 3.05) is 0 Å². The molecule has 0 unspecified atom stereocenters. The van der Waals surface area contributed by atoms with Crippen molar-refractivity contribution in [3.63, 3.8) is 0 Å². The molecule has 0 aliphatic heterocycles. The summed E-state index contributed by atoms with van der Waals surface area (Å²) in [5.74, 6) is 0. The van der Waals surface area contributed by atoms with E-state index in [1.807, 2.05) is 35.2 Å². The molecule has 0 bridgehead atoms. The van der Waals surface area contributed by atoms with Gasteiger partial charge in [0, 0.05) is 16.9 Å². The lowest BCUT2D eigenvalue weighted by atomic mass is 10.3. The summed E-state index contributed by atoms with van der Waals surface area (Å²) < 4.78 is 3.10. The van der Waals surface area contributed by atoms with Gasteiger partial charge in [-0.1, -0.05) is 15.9 Å². The smallest absolute Gasteiger partial charge is 0.100 e. The first-order valence-corrected chi connectivity index (χ1v) is 5.67. The minimum absolute atomic E-state index is 0.986. The van der Waals surface area contributed by atoms with Crippen molar-refractivity contribution in [1.29, 1.82) is 0 Å². The van der Waals surface area contributed by atoms with Gasteiger partial charge in [0.2, 0.25) is 0 Å². The molecule has 3 aromatic rings. The number of hydrogen-bond donors (Lipinski definition) is 0. The summed E-state index contributed by atoms with van der Waals surface area (Å²) in [6, 6.07) is 9.97. The third kappa shape index (κ3) is 1.51. The van der Waals surface area contributed by atoms with Crippen molar-refractivity contribution in [3.8, 4) is 5.69 Å². The number of pyridine rings is 1. The molecule has 0 aliphatic rings. The molecule has 0 aliphatic carbocycles. The van der Waals surface area contributed by atoms with E-state index in [2.05, 4.69) is 32.0 Å². The van der Waals surface area contributed by atoms with E-state index in [1.165, 1.54) is 0 Å². The second kappa shape index (κ2) is 3.72. The molecule has 1 aromatic carbocycles. The Hall–Kier alpha value is -1.68. The summed E-state index contributed by atoms with van der Waals surface area (Å²) in [6.45, 7) is 0. The standard InChI is InChI=1S/C12H8BrN3/c13-9-1-2-11-12(7-9)16(8-15-11)10-3-5-14-6-4-10/h1-8H. The van der Waals surface area contributed by atoms with E-state index in [4.69, 9.17) is 0 Å². The van der Waals surface area contributed by atoms with Gasteiger partial charge in [-0.2, -0.15) is 0 Å². The Morgan fingerprint density at radius 3 is 2.69 bits per heavy atom. The van der Waals surface area contributed by atoms with Gasteiger partial charge >= 0.3 is 0 Å². The molecule has 3 rings (SSSR count). The highest BCUT2D eigenvalue weighted by Crippen LogP contribution is 2.21. The van der Waals surface area contributed by atoms with E-state index in [-0.39, 0.29) is 0 Å². The van der Waals surface area contributed by atoms with Crippen LogP contribution in [-0.2, 0) is 0 Å². The molecule has 0 amide bonds. The fraction of sp³-hybridized carbons (Fsp3) is 0. The van der Waals surface area contributed by atoms with Gasteiger partial charge in [-0.25, -0.2) is 4.98 Å². The second-order valence-electron chi connectivity index (χ2n) is 3.45.